The second-order valence-electron chi connectivity index (χ2n) is 3.37. The highest BCUT2D eigenvalue weighted by atomic mass is 79.9. The Morgan fingerprint density at radius 3 is 2.81 bits per heavy atom. The lowest BCUT2D eigenvalue weighted by Crippen LogP contribution is -1.90. The summed E-state index contributed by atoms with van der Waals surface area (Å²) in [5.41, 5.74) is 1.01. The second kappa shape index (κ2) is 4.61. The van der Waals surface area contributed by atoms with E-state index >= 15 is 0 Å². The second-order valence-corrected chi connectivity index (χ2v) is 5.18. The van der Waals surface area contributed by atoms with Gasteiger partial charge in [-0.3, -0.25) is 0 Å². The molecule has 2 rings (SSSR count). The highest BCUT2D eigenvalue weighted by Gasteiger charge is 2.11. The number of nitrogens with zero attached hydrogens (tertiary/aromatic N) is 1. The van der Waals surface area contributed by atoms with E-state index in [1.54, 1.807) is 24.4 Å². The van der Waals surface area contributed by atoms with Crippen LogP contribution in [0.1, 0.15) is 18.0 Å². The topological polar surface area (TPSA) is 33.1 Å². The maximum atomic E-state index is 13.6. The van der Waals surface area contributed by atoms with Gasteiger partial charge in [-0.15, -0.1) is 11.3 Å². The molecule has 5 heteroatoms. The normalized spacial score (nSPS) is 12.8. The van der Waals surface area contributed by atoms with Crippen LogP contribution in [0, 0.1) is 5.82 Å². The summed E-state index contributed by atoms with van der Waals surface area (Å²) in [6.45, 7) is 1.64. The zero-order chi connectivity index (χ0) is 11.7. The average molecular weight is 302 g/mol. The van der Waals surface area contributed by atoms with Crippen LogP contribution >= 0.6 is 27.3 Å². The maximum absolute atomic E-state index is 13.6. The van der Waals surface area contributed by atoms with E-state index in [1.807, 2.05) is 0 Å². The van der Waals surface area contributed by atoms with Gasteiger partial charge in [0, 0.05) is 15.4 Å². The van der Waals surface area contributed by atoms with Crippen LogP contribution in [0.15, 0.2) is 28.1 Å². The van der Waals surface area contributed by atoms with Gasteiger partial charge in [-0.1, -0.05) is 15.9 Å². The lowest BCUT2D eigenvalue weighted by atomic mass is 10.1. The van der Waals surface area contributed by atoms with Gasteiger partial charge in [0.2, 0.25) is 0 Å². The van der Waals surface area contributed by atoms with Gasteiger partial charge in [0.1, 0.15) is 16.9 Å². The summed E-state index contributed by atoms with van der Waals surface area (Å²) in [4.78, 5) is 4.18. The fourth-order valence-corrected chi connectivity index (χ4v) is 2.39. The monoisotopic (exact) mass is 301 g/mol. The molecule has 1 unspecified atom stereocenters. The number of hydrogen-bond donors (Lipinski definition) is 1. The Hall–Kier alpha value is -0.780. The number of aliphatic hydroxyl groups is 1. The molecule has 0 aliphatic carbocycles. The molecule has 0 saturated heterocycles. The fourth-order valence-electron chi connectivity index (χ4n) is 1.30. The van der Waals surface area contributed by atoms with Crippen molar-refractivity contribution < 1.29 is 9.50 Å². The van der Waals surface area contributed by atoms with Crippen LogP contribution in [-0.2, 0) is 0 Å². The SMILES string of the molecule is CC(O)c1nc(-c2ccc(Br)cc2F)cs1. The third-order valence-electron chi connectivity index (χ3n) is 2.09. The van der Waals surface area contributed by atoms with E-state index in [2.05, 4.69) is 20.9 Å². The Balaban J connectivity index is 2.42. The van der Waals surface area contributed by atoms with Crippen LogP contribution in [-0.4, -0.2) is 10.1 Å². The lowest BCUT2D eigenvalue weighted by molar-refractivity contribution is 0.199. The summed E-state index contributed by atoms with van der Waals surface area (Å²) < 4.78 is 14.3. The molecule has 84 valence electrons. The minimum absolute atomic E-state index is 0.322. The summed E-state index contributed by atoms with van der Waals surface area (Å²) >= 11 is 4.53. The average Bonchev–Trinajstić information content (AvgIpc) is 2.66. The Bertz CT molecular complexity index is 512. The van der Waals surface area contributed by atoms with E-state index in [-0.39, 0.29) is 5.82 Å². The Labute approximate surface area is 105 Å². The predicted molar refractivity (Wildman–Crippen MR) is 65.8 cm³/mol. The summed E-state index contributed by atoms with van der Waals surface area (Å²) in [6.07, 6.45) is -0.614. The molecule has 0 radical (unpaired) electrons. The molecule has 0 spiro atoms. The zero-order valence-corrected chi connectivity index (χ0v) is 10.8. The standard InChI is InChI=1S/C11H9BrFNOS/c1-6(15)11-14-10(5-16-11)8-3-2-7(12)4-9(8)13/h2-6,15H,1H3. The molecule has 1 aromatic carbocycles. The van der Waals surface area contributed by atoms with Gasteiger partial charge < -0.3 is 5.11 Å². The third kappa shape index (κ3) is 2.31. The van der Waals surface area contributed by atoms with Crippen molar-refractivity contribution in [1.82, 2.24) is 4.98 Å². The summed E-state index contributed by atoms with van der Waals surface area (Å²) in [5.74, 6) is -0.322. The van der Waals surface area contributed by atoms with E-state index in [9.17, 15) is 9.50 Å². The summed E-state index contributed by atoms with van der Waals surface area (Å²) in [7, 11) is 0. The van der Waals surface area contributed by atoms with E-state index in [0.29, 0.717) is 20.7 Å². The smallest absolute Gasteiger partial charge is 0.133 e. The van der Waals surface area contributed by atoms with E-state index in [4.69, 9.17) is 0 Å². The Morgan fingerprint density at radius 2 is 2.25 bits per heavy atom. The van der Waals surface area contributed by atoms with Gasteiger partial charge in [0.05, 0.1) is 5.69 Å². The quantitative estimate of drug-likeness (QED) is 0.916. The van der Waals surface area contributed by atoms with Crippen molar-refractivity contribution in [2.24, 2.45) is 0 Å². The molecular formula is C11H9BrFNOS. The number of hydrogen-bond acceptors (Lipinski definition) is 3. The Kier molecular flexibility index (Phi) is 3.37. The largest absolute Gasteiger partial charge is 0.386 e. The molecule has 1 atom stereocenters. The van der Waals surface area contributed by atoms with Crippen molar-refractivity contribution in [2.75, 3.05) is 0 Å². The molecule has 0 aliphatic heterocycles. The number of halogens is 2. The lowest BCUT2D eigenvalue weighted by Gasteiger charge is -2.00. The minimum atomic E-state index is -0.614. The maximum Gasteiger partial charge on any atom is 0.133 e. The molecule has 1 heterocycles. The summed E-state index contributed by atoms with van der Waals surface area (Å²) in [5, 5.41) is 11.7. The first-order valence-electron chi connectivity index (χ1n) is 4.67. The van der Waals surface area contributed by atoms with E-state index in [1.165, 1.54) is 17.4 Å². The van der Waals surface area contributed by atoms with E-state index in [0.717, 1.165) is 0 Å². The molecule has 0 aliphatic rings. The van der Waals surface area contributed by atoms with Gasteiger partial charge in [-0.2, -0.15) is 0 Å². The van der Waals surface area contributed by atoms with E-state index < -0.39 is 6.10 Å². The van der Waals surface area contributed by atoms with Crippen LogP contribution in [0.25, 0.3) is 11.3 Å². The summed E-state index contributed by atoms with van der Waals surface area (Å²) in [6, 6.07) is 4.83. The Morgan fingerprint density at radius 1 is 1.50 bits per heavy atom. The van der Waals surface area contributed by atoms with Crippen LogP contribution < -0.4 is 0 Å². The molecule has 1 N–H and O–H groups in total. The number of aromatic nitrogens is 1. The van der Waals surface area contributed by atoms with Crippen molar-refractivity contribution in [2.45, 2.75) is 13.0 Å². The van der Waals surface area contributed by atoms with Gasteiger partial charge >= 0.3 is 0 Å². The van der Waals surface area contributed by atoms with Crippen LogP contribution in [0.4, 0.5) is 4.39 Å². The molecule has 16 heavy (non-hydrogen) atoms. The van der Waals surface area contributed by atoms with Gasteiger partial charge in [-0.25, -0.2) is 9.37 Å². The van der Waals surface area contributed by atoms with Gasteiger partial charge in [0.15, 0.2) is 0 Å². The van der Waals surface area contributed by atoms with Crippen molar-refractivity contribution in [3.8, 4) is 11.3 Å². The number of benzene rings is 1. The highest BCUT2D eigenvalue weighted by Crippen LogP contribution is 2.28. The van der Waals surface area contributed by atoms with Crippen LogP contribution in [0.2, 0.25) is 0 Å². The molecule has 0 amide bonds. The molecule has 0 saturated carbocycles. The zero-order valence-electron chi connectivity index (χ0n) is 8.45. The van der Waals surface area contributed by atoms with Crippen LogP contribution in [0.5, 0.6) is 0 Å². The predicted octanol–water partition coefficient (Wildman–Crippen LogP) is 3.77. The molecule has 2 nitrogen and oxygen atoms in total. The van der Waals surface area contributed by atoms with Crippen molar-refractivity contribution >= 4 is 27.3 Å². The van der Waals surface area contributed by atoms with Crippen molar-refractivity contribution in [3.05, 3.63) is 38.9 Å². The van der Waals surface area contributed by atoms with Crippen LogP contribution in [0.3, 0.4) is 0 Å². The molecular weight excluding hydrogens is 293 g/mol. The van der Waals surface area contributed by atoms with Crippen molar-refractivity contribution in [1.29, 1.82) is 0 Å². The number of rotatable bonds is 2. The molecule has 1 aromatic heterocycles. The highest BCUT2D eigenvalue weighted by molar-refractivity contribution is 9.10. The molecule has 2 aromatic rings. The third-order valence-corrected chi connectivity index (χ3v) is 3.59. The number of aliphatic hydroxyl groups excluding tert-OH is 1. The first-order valence-corrected chi connectivity index (χ1v) is 6.34. The molecule has 0 bridgehead atoms. The first kappa shape index (κ1) is 11.7. The number of thiazole rings is 1. The van der Waals surface area contributed by atoms with Gasteiger partial charge in [0.25, 0.3) is 0 Å². The van der Waals surface area contributed by atoms with Crippen molar-refractivity contribution in [3.63, 3.8) is 0 Å². The fraction of sp³-hybridized carbons (Fsp3) is 0.182. The first-order chi connectivity index (χ1) is 7.58. The molecule has 0 fully saturated rings. The minimum Gasteiger partial charge on any atom is -0.386 e. The van der Waals surface area contributed by atoms with Gasteiger partial charge in [-0.05, 0) is 25.1 Å².